The van der Waals surface area contributed by atoms with Crippen LogP contribution >= 0.6 is 0 Å². The molecular weight excluding hydrogens is 170 g/mol. The maximum Gasteiger partial charge on any atom is 0.170 e. The zero-order valence-electron chi connectivity index (χ0n) is 7.20. The quantitative estimate of drug-likeness (QED) is 0.496. The zero-order valence-corrected chi connectivity index (χ0v) is 7.20. The Morgan fingerprint density at radius 1 is 1.69 bits per heavy atom. The Morgan fingerprint density at radius 2 is 2.46 bits per heavy atom. The Hall–Kier alpha value is -1.39. The van der Waals surface area contributed by atoms with Gasteiger partial charge in [-0.1, -0.05) is 0 Å². The van der Waals surface area contributed by atoms with Crippen molar-refractivity contribution in [2.75, 3.05) is 6.61 Å². The first kappa shape index (κ1) is 9.70. The van der Waals surface area contributed by atoms with Gasteiger partial charge in [-0.3, -0.25) is 4.98 Å². The molecular formula is C8H8BFN2O. The van der Waals surface area contributed by atoms with Gasteiger partial charge in [0.15, 0.2) is 13.7 Å². The van der Waals surface area contributed by atoms with E-state index in [1.54, 1.807) is 0 Å². The minimum Gasteiger partial charge on any atom is -0.501 e. The second-order valence-electron chi connectivity index (χ2n) is 2.22. The molecule has 1 rings (SSSR count). The van der Waals surface area contributed by atoms with Gasteiger partial charge in [-0.25, -0.2) is 9.37 Å². The molecule has 0 amide bonds. The van der Waals surface area contributed by atoms with Crippen molar-refractivity contribution in [1.82, 2.24) is 9.97 Å². The predicted molar refractivity (Wildman–Crippen MR) is 48.0 cm³/mol. The summed E-state index contributed by atoms with van der Waals surface area (Å²) in [6.45, 7) is 2.35. The Kier molecular flexibility index (Phi) is 3.43. The van der Waals surface area contributed by atoms with Crippen molar-refractivity contribution < 1.29 is 9.13 Å². The molecule has 3 nitrogen and oxygen atoms in total. The Morgan fingerprint density at radius 3 is 3.15 bits per heavy atom. The molecule has 66 valence electrons. The van der Waals surface area contributed by atoms with Crippen LogP contribution in [0, 0.1) is 5.82 Å². The Balaban J connectivity index is 2.81. The summed E-state index contributed by atoms with van der Waals surface area (Å²) in [6.07, 6.45) is 3.79. The van der Waals surface area contributed by atoms with Crippen molar-refractivity contribution in [2.45, 2.75) is 6.92 Å². The van der Waals surface area contributed by atoms with E-state index in [1.807, 2.05) is 6.92 Å². The number of ether oxygens (including phenoxy) is 1. The third kappa shape index (κ3) is 2.85. The third-order valence-electron chi connectivity index (χ3n) is 1.28. The summed E-state index contributed by atoms with van der Waals surface area (Å²) in [7, 11) is 5.27. The van der Waals surface area contributed by atoms with Crippen LogP contribution in [0.25, 0.3) is 6.08 Å². The highest BCUT2D eigenvalue weighted by Gasteiger charge is 1.99. The summed E-state index contributed by atoms with van der Waals surface area (Å²) in [5, 5.41) is 0. The fourth-order valence-corrected chi connectivity index (χ4v) is 0.720. The summed E-state index contributed by atoms with van der Waals surface area (Å²) >= 11 is 0. The molecule has 0 spiro atoms. The van der Waals surface area contributed by atoms with Gasteiger partial charge in [0.25, 0.3) is 0 Å². The molecule has 13 heavy (non-hydrogen) atoms. The van der Waals surface area contributed by atoms with Gasteiger partial charge in [0, 0.05) is 6.08 Å². The monoisotopic (exact) mass is 178 g/mol. The van der Waals surface area contributed by atoms with E-state index >= 15 is 0 Å². The van der Waals surface area contributed by atoms with Gasteiger partial charge in [0.2, 0.25) is 0 Å². The molecule has 0 aliphatic heterocycles. The van der Waals surface area contributed by atoms with Crippen LogP contribution in [0.1, 0.15) is 12.6 Å². The maximum atomic E-state index is 12.9. The first-order valence-electron chi connectivity index (χ1n) is 3.80. The number of hydrogen-bond donors (Lipinski definition) is 0. The van der Waals surface area contributed by atoms with Crippen molar-refractivity contribution in [3.05, 3.63) is 24.0 Å². The molecule has 1 heterocycles. The van der Waals surface area contributed by atoms with Gasteiger partial charge >= 0.3 is 0 Å². The van der Waals surface area contributed by atoms with Crippen LogP contribution in [-0.2, 0) is 4.74 Å². The van der Waals surface area contributed by atoms with E-state index in [2.05, 4.69) is 9.97 Å². The molecule has 1 aromatic rings. The van der Waals surface area contributed by atoms with E-state index in [1.165, 1.54) is 12.3 Å². The molecule has 0 unspecified atom stereocenters. The number of aromatic nitrogens is 2. The van der Waals surface area contributed by atoms with Gasteiger partial charge in [0.05, 0.1) is 24.8 Å². The second kappa shape index (κ2) is 4.59. The SMILES string of the molecule is [B]c1ncc(F)c(/C=C/OCC)n1. The smallest absolute Gasteiger partial charge is 0.170 e. The van der Waals surface area contributed by atoms with E-state index in [-0.39, 0.29) is 11.4 Å². The lowest BCUT2D eigenvalue weighted by atomic mass is 10.1. The zero-order chi connectivity index (χ0) is 9.68. The number of rotatable bonds is 3. The lowest BCUT2D eigenvalue weighted by Crippen LogP contribution is -2.14. The molecule has 0 saturated heterocycles. The van der Waals surface area contributed by atoms with Crippen LogP contribution in [0.15, 0.2) is 12.5 Å². The van der Waals surface area contributed by atoms with Gasteiger partial charge < -0.3 is 4.74 Å². The first-order valence-corrected chi connectivity index (χ1v) is 3.80. The fourth-order valence-electron chi connectivity index (χ4n) is 0.720. The van der Waals surface area contributed by atoms with Crippen LogP contribution in [0.3, 0.4) is 0 Å². The second-order valence-corrected chi connectivity index (χ2v) is 2.22. The lowest BCUT2D eigenvalue weighted by Gasteiger charge is -1.97. The maximum absolute atomic E-state index is 12.9. The Bertz CT molecular complexity index is 317. The first-order chi connectivity index (χ1) is 6.24. The predicted octanol–water partition coefficient (Wildman–Crippen LogP) is 0.417. The highest BCUT2D eigenvalue weighted by Crippen LogP contribution is 2.01. The van der Waals surface area contributed by atoms with Crippen molar-refractivity contribution in [3.63, 3.8) is 0 Å². The molecule has 0 aliphatic rings. The van der Waals surface area contributed by atoms with Crippen LogP contribution in [0.2, 0.25) is 0 Å². The minimum absolute atomic E-state index is 0.0394. The minimum atomic E-state index is -0.523. The van der Waals surface area contributed by atoms with Gasteiger partial charge in [-0.05, 0) is 6.92 Å². The van der Waals surface area contributed by atoms with Gasteiger partial charge in [-0.2, -0.15) is 0 Å². The van der Waals surface area contributed by atoms with Crippen LogP contribution in [0.4, 0.5) is 4.39 Å². The van der Waals surface area contributed by atoms with E-state index in [9.17, 15) is 4.39 Å². The summed E-state index contributed by atoms with van der Waals surface area (Å²) in [6, 6.07) is 0. The highest BCUT2D eigenvalue weighted by molar-refractivity contribution is 6.28. The average Bonchev–Trinajstić information content (AvgIpc) is 2.11. The fraction of sp³-hybridized carbons (Fsp3) is 0.250. The molecule has 0 aromatic carbocycles. The van der Waals surface area contributed by atoms with Crippen LogP contribution in [0.5, 0.6) is 0 Å². The average molecular weight is 178 g/mol. The van der Waals surface area contributed by atoms with E-state index in [0.29, 0.717) is 6.61 Å². The standard InChI is InChI=1S/C8H8BFN2O/c1-2-13-4-3-7-6(10)5-11-8(9)12-7/h3-5H,2H2,1H3/b4-3+. The summed E-state index contributed by atoms with van der Waals surface area (Å²) < 4.78 is 17.8. The Labute approximate surface area is 77.1 Å². The largest absolute Gasteiger partial charge is 0.501 e. The normalized spacial score (nSPS) is 10.6. The van der Waals surface area contributed by atoms with Gasteiger partial charge in [0.1, 0.15) is 5.69 Å². The van der Waals surface area contributed by atoms with Crippen molar-refractivity contribution >= 4 is 19.6 Å². The number of hydrogen-bond acceptors (Lipinski definition) is 3. The van der Waals surface area contributed by atoms with E-state index in [4.69, 9.17) is 12.6 Å². The molecule has 0 N–H and O–H groups in total. The number of nitrogens with zero attached hydrogens (tertiary/aromatic N) is 2. The number of halogens is 1. The molecule has 0 aliphatic carbocycles. The molecule has 0 fully saturated rings. The van der Waals surface area contributed by atoms with Crippen molar-refractivity contribution in [3.8, 4) is 0 Å². The van der Waals surface area contributed by atoms with Crippen LogP contribution < -0.4 is 5.72 Å². The highest BCUT2D eigenvalue weighted by atomic mass is 19.1. The van der Waals surface area contributed by atoms with Crippen molar-refractivity contribution in [2.24, 2.45) is 0 Å². The molecule has 0 saturated carbocycles. The van der Waals surface area contributed by atoms with E-state index in [0.717, 1.165) is 6.20 Å². The van der Waals surface area contributed by atoms with Crippen LogP contribution in [-0.4, -0.2) is 24.4 Å². The molecule has 0 atom stereocenters. The molecule has 1 aromatic heterocycles. The third-order valence-corrected chi connectivity index (χ3v) is 1.28. The topological polar surface area (TPSA) is 35.0 Å². The molecule has 5 heteroatoms. The van der Waals surface area contributed by atoms with Gasteiger partial charge in [-0.15, -0.1) is 0 Å². The summed E-state index contributed by atoms with van der Waals surface area (Å²) in [5.74, 6) is -0.523. The molecule has 0 bridgehead atoms. The summed E-state index contributed by atoms with van der Waals surface area (Å²) in [4.78, 5) is 7.15. The molecule has 2 radical (unpaired) electrons. The summed E-state index contributed by atoms with van der Waals surface area (Å²) in [5.41, 5.74) is 0.165. The van der Waals surface area contributed by atoms with Crippen molar-refractivity contribution in [1.29, 1.82) is 0 Å². The lowest BCUT2D eigenvalue weighted by molar-refractivity contribution is 0.272. The van der Waals surface area contributed by atoms with E-state index < -0.39 is 5.82 Å².